The van der Waals surface area contributed by atoms with E-state index in [9.17, 15) is 4.79 Å². The van der Waals surface area contributed by atoms with Crippen LogP contribution in [-0.2, 0) is 0 Å². The fourth-order valence-electron chi connectivity index (χ4n) is 2.81. The number of benzene rings is 1. The molecule has 0 bridgehead atoms. The molecule has 4 nitrogen and oxygen atoms in total. The van der Waals surface area contributed by atoms with Crippen LogP contribution in [0.4, 0.5) is 0 Å². The van der Waals surface area contributed by atoms with E-state index < -0.39 is 0 Å². The van der Waals surface area contributed by atoms with Crippen molar-refractivity contribution in [2.75, 3.05) is 19.6 Å². The summed E-state index contributed by atoms with van der Waals surface area (Å²) in [4.78, 5) is 14.5. The Labute approximate surface area is 126 Å². The van der Waals surface area contributed by atoms with Gasteiger partial charge in [0.05, 0.1) is 11.6 Å². The molecule has 2 rings (SSSR count). The van der Waals surface area contributed by atoms with E-state index in [0.29, 0.717) is 23.7 Å². The Morgan fingerprint density at radius 3 is 3.10 bits per heavy atom. The van der Waals surface area contributed by atoms with Crippen molar-refractivity contribution in [1.29, 1.82) is 5.26 Å². The number of nitrogens with one attached hydrogen (secondary N) is 1. The van der Waals surface area contributed by atoms with E-state index in [4.69, 9.17) is 5.26 Å². The van der Waals surface area contributed by atoms with E-state index in [1.165, 1.54) is 25.8 Å². The molecule has 1 aromatic rings. The van der Waals surface area contributed by atoms with Gasteiger partial charge in [-0.05, 0) is 50.9 Å². The van der Waals surface area contributed by atoms with Crippen LogP contribution in [0.3, 0.4) is 0 Å². The molecule has 0 radical (unpaired) electrons. The minimum atomic E-state index is -0.0983. The van der Waals surface area contributed by atoms with Gasteiger partial charge in [0.15, 0.2) is 0 Å². The Kier molecular flexibility index (Phi) is 5.77. The highest BCUT2D eigenvalue weighted by Crippen LogP contribution is 2.16. The van der Waals surface area contributed by atoms with Gasteiger partial charge in [0.25, 0.3) is 5.91 Å². The van der Waals surface area contributed by atoms with Gasteiger partial charge in [-0.15, -0.1) is 0 Å². The van der Waals surface area contributed by atoms with Crippen LogP contribution >= 0.6 is 0 Å². The highest BCUT2D eigenvalue weighted by molar-refractivity contribution is 5.94. The lowest BCUT2D eigenvalue weighted by Crippen LogP contribution is -2.39. The highest BCUT2D eigenvalue weighted by Gasteiger charge is 2.17. The van der Waals surface area contributed by atoms with E-state index in [0.717, 1.165) is 13.0 Å². The van der Waals surface area contributed by atoms with Crippen molar-refractivity contribution >= 4 is 5.91 Å². The third-order valence-electron chi connectivity index (χ3n) is 4.10. The molecule has 0 aromatic heterocycles. The average Bonchev–Trinajstić information content (AvgIpc) is 2.53. The van der Waals surface area contributed by atoms with Gasteiger partial charge in [-0.1, -0.05) is 12.5 Å². The third-order valence-corrected chi connectivity index (χ3v) is 4.10. The largest absolute Gasteiger partial charge is 0.352 e. The Balaban J connectivity index is 1.73. The summed E-state index contributed by atoms with van der Waals surface area (Å²) in [5.74, 6) is -0.0983. The molecule has 1 fully saturated rings. The number of rotatable bonds is 5. The van der Waals surface area contributed by atoms with Crippen LogP contribution in [-0.4, -0.2) is 36.5 Å². The van der Waals surface area contributed by atoms with Crippen LogP contribution in [0, 0.1) is 11.3 Å². The SMILES string of the molecule is CC1CCCCN1CCCNC(=O)c1cccc(C#N)c1. The van der Waals surface area contributed by atoms with Crippen LogP contribution < -0.4 is 5.32 Å². The monoisotopic (exact) mass is 285 g/mol. The maximum absolute atomic E-state index is 12.0. The number of hydrogen-bond donors (Lipinski definition) is 1. The minimum absolute atomic E-state index is 0.0983. The first kappa shape index (κ1) is 15.5. The first-order valence-corrected chi connectivity index (χ1v) is 7.73. The van der Waals surface area contributed by atoms with E-state index >= 15 is 0 Å². The molecule has 1 atom stereocenters. The number of nitriles is 1. The summed E-state index contributed by atoms with van der Waals surface area (Å²) in [6.45, 7) is 5.18. The molecular formula is C17H23N3O. The summed E-state index contributed by atoms with van der Waals surface area (Å²) in [5.41, 5.74) is 1.07. The molecule has 1 heterocycles. The minimum Gasteiger partial charge on any atom is -0.352 e. The lowest BCUT2D eigenvalue weighted by Gasteiger charge is -2.33. The topological polar surface area (TPSA) is 56.1 Å². The second kappa shape index (κ2) is 7.80. The maximum atomic E-state index is 12.0. The first-order valence-electron chi connectivity index (χ1n) is 7.73. The number of likely N-dealkylation sites (tertiary alicyclic amines) is 1. The zero-order valence-corrected chi connectivity index (χ0v) is 12.6. The lowest BCUT2D eigenvalue weighted by molar-refractivity contribution is 0.0949. The number of piperidine rings is 1. The van der Waals surface area contributed by atoms with Crippen molar-refractivity contribution in [3.05, 3.63) is 35.4 Å². The van der Waals surface area contributed by atoms with E-state index in [1.54, 1.807) is 24.3 Å². The highest BCUT2D eigenvalue weighted by atomic mass is 16.1. The molecule has 112 valence electrons. The summed E-state index contributed by atoms with van der Waals surface area (Å²) in [7, 11) is 0. The number of carbonyl (C=O) groups excluding carboxylic acids is 1. The Morgan fingerprint density at radius 1 is 1.48 bits per heavy atom. The summed E-state index contributed by atoms with van der Waals surface area (Å²) in [5, 5.41) is 11.8. The van der Waals surface area contributed by atoms with Gasteiger partial charge in [-0.25, -0.2) is 0 Å². The number of nitrogens with zero attached hydrogens (tertiary/aromatic N) is 2. The van der Waals surface area contributed by atoms with Gasteiger partial charge in [0.2, 0.25) is 0 Å². The Bertz CT molecular complexity index is 521. The van der Waals surface area contributed by atoms with Gasteiger partial charge in [0, 0.05) is 24.7 Å². The predicted octanol–water partition coefficient (Wildman–Crippen LogP) is 2.55. The molecule has 4 heteroatoms. The number of carbonyl (C=O) groups is 1. The van der Waals surface area contributed by atoms with Gasteiger partial charge in [-0.2, -0.15) is 5.26 Å². The molecule has 1 aliphatic rings. The quantitative estimate of drug-likeness (QED) is 0.846. The van der Waals surface area contributed by atoms with Crippen molar-refractivity contribution in [1.82, 2.24) is 10.2 Å². The second-order valence-electron chi connectivity index (χ2n) is 5.68. The molecule has 1 aliphatic heterocycles. The van der Waals surface area contributed by atoms with Crippen LogP contribution in [0.15, 0.2) is 24.3 Å². The molecule has 1 saturated heterocycles. The Morgan fingerprint density at radius 2 is 2.33 bits per heavy atom. The summed E-state index contributed by atoms with van der Waals surface area (Å²) in [6.07, 6.45) is 4.88. The summed E-state index contributed by atoms with van der Waals surface area (Å²) < 4.78 is 0. The van der Waals surface area contributed by atoms with Crippen molar-refractivity contribution in [3.8, 4) is 6.07 Å². The van der Waals surface area contributed by atoms with E-state index in [-0.39, 0.29) is 5.91 Å². The van der Waals surface area contributed by atoms with Crippen LogP contribution in [0.5, 0.6) is 0 Å². The third kappa shape index (κ3) is 4.57. The Hall–Kier alpha value is -1.86. The molecule has 1 N–H and O–H groups in total. The van der Waals surface area contributed by atoms with Gasteiger partial charge in [-0.3, -0.25) is 4.79 Å². The number of amides is 1. The molecule has 1 unspecified atom stereocenters. The second-order valence-corrected chi connectivity index (χ2v) is 5.68. The van der Waals surface area contributed by atoms with Crippen molar-refractivity contribution < 1.29 is 4.79 Å². The van der Waals surface area contributed by atoms with Crippen molar-refractivity contribution in [2.24, 2.45) is 0 Å². The fraction of sp³-hybridized carbons (Fsp3) is 0.529. The normalized spacial score (nSPS) is 19.0. The van der Waals surface area contributed by atoms with Gasteiger partial charge < -0.3 is 10.2 Å². The van der Waals surface area contributed by atoms with Gasteiger partial charge in [0.1, 0.15) is 0 Å². The smallest absolute Gasteiger partial charge is 0.251 e. The van der Waals surface area contributed by atoms with Crippen LogP contribution in [0.1, 0.15) is 48.5 Å². The molecule has 1 amide bonds. The predicted molar refractivity (Wildman–Crippen MR) is 83.0 cm³/mol. The average molecular weight is 285 g/mol. The molecular weight excluding hydrogens is 262 g/mol. The molecule has 0 aliphatic carbocycles. The molecule has 0 spiro atoms. The summed E-state index contributed by atoms with van der Waals surface area (Å²) in [6, 6.07) is 9.53. The number of hydrogen-bond acceptors (Lipinski definition) is 3. The van der Waals surface area contributed by atoms with Crippen LogP contribution in [0.2, 0.25) is 0 Å². The first-order chi connectivity index (χ1) is 10.2. The zero-order valence-electron chi connectivity index (χ0n) is 12.6. The molecule has 21 heavy (non-hydrogen) atoms. The zero-order chi connectivity index (χ0) is 15.1. The summed E-state index contributed by atoms with van der Waals surface area (Å²) >= 11 is 0. The molecule has 0 saturated carbocycles. The van der Waals surface area contributed by atoms with Gasteiger partial charge >= 0.3 is 0 Å². The standard InChI is InChI=1S/C17H23N3O/c1-14-6-2-3-10-20(14)11-5-9-19-17(21)16-8-4-7-15(12-16)13-18/h4,7-8,12,14H,2-3,5-6,9-11H2,1H3,(H,19,21). The fourth-order valence-corrected chi connectivity index (χ4v) is 2.81. The van der Waals surface area contributed by atoms with Crippen LogP contribution in [0.25, 0.3) is 0 Å². The molecule has 1 aromatic carbocycles. The lowest BCUT2D eigenvalue weighted by atomic mass is 10.0. The maximum Gasteiger partial charge on any atom is 0.251 e. The van der Waals surface area contributed by atoms with E-state index in [1.807, 2.05) is 0 Å². The van der Waals surface area contributed by atoms with E-state index in [2.05, 4.69) is 23.2 Å². The van der Waals surface area contributed by atoms with Crippen molar-refractivity contribution in [3.63, 3.8) is 0 Å². The van der Waals surface area contributed by atoms with Crippen molar-refractivity contribution in [2.45, 2.75) is 38.6 Å².